The number of hydrogen-bond acceptors (Lipinski definition) is 8. The third-order valence-electron chi connectivity index (χ3n) is 16.5. The monoisotopic (exact) mass is 1350 g/mol. The van der Waals surface area contributed by atoms with E-state index in [-0.39, 0.29) is 32.0 Å². The SMILES string of the molecule is CC/C=C\C/C=C\C/C=C\C/C=C\C/C=C\C/C=C\C/C=C\CCCCCCCCCCCCCCCCCCCC(=O)OC(COC(=O)CCCCCCCCCCCCCCCC/C=C\C/C=C\C/C=C\C/C=C\C/C=C\C/C=C\CC)COP(=O)([O-])OCC[N+](C)(C)C. The summed E-state index contributed by atoms with van der Waals surface area (Å²) in [6.07, 6.45) is 112. The van der Waals surface area contributed by atoms with E-state index in [0.717, 1.165) is 122 Å². The lowest BCUT2D eigenvalue weighted by molar-refractivity contribution is -0.870. The lowest BCUT2D eigenvalue weighted by Crippen LogP contribution is -2.37. The molecule has 96 heavy (non-hydrogen) atoms. The van der Waals surface area contributed by atoms with Gasteiger partial charge in [0.15, 0.2) is 6.10 Å². The van der Waals surface area contributed by atoms with E-state index in [1.807, 2.05) is 21.1 Å². The quantitative estimate of drug-likeness (QED) is 0.0195. The Morgan fingerprint density at radius 1 is 0.323 bits per heavy atom. The molecule has 2 atom stereocenters. The average molecular weight is 1350 g/mol. The molecule has 0 aromatic heterocycles. The molecule has 10 heteroatoms. The summed E-state index contributed by atoms with van der Waals surface area (Å²) < 4.78 is 34.4. The molecule has 0 aliphatic heterocycles. The summed E-state index contributed by atoms with van der Waals surface area (Å²) >= 11 is 0. The number of esters is 2. The highest BCUT2D eigenvalue weighted by Crippen LogP contribution is 2.38. The fourth-order valence-electron chi connectivity index (χ4n) is 10.6. The first-order chi connectivity index (χ1) is 47.0. The van der Waals surface area contributed by atoms with E-state index < -0.39 is 26.5 Å². The number of nitrogens with zero attached hydrogens (tertiary/aromatic N) is 1. The number of quaternary nitrogens is 1. The number of carbonyl (C=O) groups excluding carboxylic acids is 2. The zero-order chi connectivity index (χ0) is 69.7. The molecule has 0 rings (SSSR count). The molecule has 0 fully saturated rings. The molecular formula is C86H146NO8P. The van der Waals surface area contributed by atoms with Crippen molar-refractivity contribution in [3.63, 3.8) is 0 Å². The molecule has 2 unspecified atom stereocenters. The van der Waals surface area contributed by atoms with Crippen molar-refractivity contribution in [1.82, 2.24) is 0 Å². The summed E-state index contributed by atoms with van der Waals surface area (Å²) in [6, 6.07) is 0. The number of phosphoric acid groups is 1. The van der Waals surface area contributed by atoms with Crippen molar-refractivity contribution in [2.45, 2.75) is 328 Å². The van der Waals surface area contributed by atoms with Crippen molar-refractivity contribution in [2.75, 3.05) is 47.5 Å². The maximum absolute atomic E-state index is 12.9. The highest BCUT2D eigenvalue weighted by molar-refractivity contribution is 7.45. The Labute approximate surface area is 592 Å². The first-order valence-electron chi connectivity index (χ1n) is 39.2. The molecule has 0 bridgehead atoms. The molecule has 9 nitrogen and oxygen atoms in total. The predicted octanol–water partition coefficient (Wildman–Crippen LogP) is 25.6. The van der Waals surface area contributed by atoms with Crippen LogP contribution in [0.25, 0.3) is 0 Å². The van der Waals surface area contributed by atoms with Crippen molar-refractivity contribution in [3.8, 4) is 0 Å². The summed E-state index contributed by atoms with van der Waals surface area (Å²) in [5.74, 6) is -0.830. The number of unbranched alkanes of at least 4 members (excludes halogenated alkanes) is 31. The van der Waals surface area contributed by atoms with Crippen molar-refractivity contribution in [1.29, 1.82) is 0 Å². The van der Waals surface area contributed by atoms with Gasteiger partial charge in [0.1, 0.15) is 19.8 Å². The van der Waals surface area contributed by atoms with E-state index >= 15 is 0 Å². The van der Waals surface area contributed by atoms with Crippen LogP contribution in [-0.4, -0.2) is 70.0 Å². The third kappa shape index (κ3) is 78.6. The second-order valence-corrected chi connectivity index (χ2v) is 28.4. The summed E-state index contributed by atoms with van der Waals surface area (Å²) in [5, 5.41) is 0. The molecule has 548 valence electrons. The standard InChI is InChI=1S/C86H146NO8P/c1-6-8-10-12-14-16-18-20-22-24-26-28-30-32-34-36-38-40-41-42-43-44-45-47-49-51-53-55-57-59-61-63-65-67-69-71-73-75-77-79-86(89)95-84(83-94-96(90,91)93-81-80-87(3,4)5)82-92-85(88)78-76-74-72-70-68-66-64-62-60-58-56-54-52-50-48-46-39-37-35-33-31-29-27-25-23-21-19-17-15-13-11-9-7-2/h8-11,14-17,20-23,26-29,32-35,38-40,42-43,46,84H,6-7,12-13,18-19,24-25,30-31,36-37,41,44-45,47-83H2,1-5H3/b10-8-,11-9-,16-14-,17-15-,22-20-,23-21-,28-26-,29-27-,34-32-,35-33-,40-38-,43-42-,46-39-. The minimum absolute atomic E-state index is 0.0355. The van der Waals surface area contributed by atoms with E-state index in [4.69, 9.17) is 18.5 Å². The van der Waals surface area contributed by atoms with Gasteiger partial charge < -0.3 is 27.9 Å². The van der Waals surface area contributed by atoms with Gasteiger partial charge in [-0.15, -0.1) is 0 Å². The molecule has 0 aliphatic rings. The number of hydrogen-bond donors (Lipinski definition) is 0. The van der Waals surface area contributed by atoms with Crippen LogP contribution < -0.4 is 4.89 Å². The molecule has 0 N–H and O–H groups in total. The fraction of sp³-hybridized carbons (Fsp3) is 0.674. The first-order valence-corrected chi connectivity index (χ1v) is 40.7. The highest BCUT2D eigenvalue weighted by atomic mass is 31.2. The topological polar surface area (TPSA) is 111 Å². The minimum Gasteiger partial charge on any atom is -0.756 e. The maximum atomic E-state index is 12.9. The summed E-state index contributed by atoms with van der Waals surface area (Å²) in [5.41, 5.74) is 0. The predicted molar refractivity (Wildman–Crippen MR) is 415 cm³/mol. The maximum Gasteiger partial charge on any atom is 0.306 e. The van der Waals surface area contributed by atoms with Gasteiger partial charge in [-0.2, -0.15) is 0 Å². The molecule has 0 heterocycles. The Morgan fingerprint density at radius 2 is 0.562 bits per heavy atom. The van der Waals surface area contributed by atoms with Crippen LogP contribution in [0.3, 0.4) is 0 Å². The van der Waals surface area contributed by atoms with Crippen LogP contribution in [0.4, 0.5) is 0 Å². The molecule has 0 radical (unpaired) electrons. The van der Waals surface area contributed by atoms with Crippen LogP contribution in [0.5, 0.6) is 0 Å². The van der Waals surface area contributed by atoms with Gasteiger partial charge in [0.05, 0.1) is 27.7 Å². The first kappa shape index (κ1) is 91.6. The van der Waals surface area contributed by atoms with Gasteiger partial charge in [0.2, 0.25) is 0 Å². The molecule has 0 aromatic carbocycles. The van der Waals surface area contributed by atoms with Gasteiger partial charge in [0, 0.05) is 12.8 Å². The fourth-order valence-corrected chi connectivity index (χ4v) is 11.4. The largest absolute Gasteiger partial charge is 0.756 e. The van der Waals surface area contributed by atoms with Gasteiger partial charge in [-0.1, -0.05) is 345 Å². The molecule has 0 amide bonds. The van der Waals surface area contributed by atoms with E-state index in [1.54, 1.807) is 0 Å². The van der Waals surface area contributed by atoms with E-state index in [0.29, 0.717) is 17.4 Å². The summed E-state index contributed by atoms with van der Waals surface area (Å²) in [4.78, 5) is 38.2. The highest BCUT2D eigenvalue weighted by Gasteiger charge is 2.22. The van der Waals surface area contributed by atoms with Gasteiger partial charge in [-0.05, 0) is 122 Å². The number of likely N-dealkylation sites (N-methyl/N-ethyl adjacent to an activating group) is 1. The second kappa shape index (κ2) is 74.8. The Bertz CT molecular complexity index is 2180. The van der Waals surface area contributed by atoms with Crippen LogP contribution in [0, 0.1) is 0 Å². The van der Waals surface area contributed by atoms with Crippen LogP contribution in [0.2, 0.25) is 0 Å². The van der Waals surface area contributed by atoms with Gasteiger partial charge in [-0.3, -0.25) is 14.2 Å². The third-order valence-corrected chi connectivity index (χ3v) is 17.5. The zero-order valence-electron chi connectivity index (χ0n) is 62.5. The second-order valence-electron chi connectivity index (χ2n) is 27.0. The number of allylic oxidation sites excluding steroid dienone is 26. The van der Waals surface area contributed by atoms with E-state index in [1.165, 1.54) is 167 Å². The molecule has 0 spiro atoms. The zero-order valence-corrected chi connectivity index (χ0v) is 63.4. The van der Waals surface area contributed by atoms with Gasteiger partial charge >= 0.3 is 11.9 Å². The normalized spacial score (nSPS) is 13.9. The van der Waals surface area contributed by atoms with Gasteiger partial charge in [-0.25, -0.2) is 0 Å². The van der Waals surface area contributed by atoms with Crippen molar-refractivity contribution >= 4 is 19.8 Å². The van der Waals surface area contributed by atoms with Crippen LogP contribution in [-0.2, 0) is 32.7 Å². The smallest absolute Gasteiger partial charge is 0.306 e. The Kier molecular flexibility index (Phi) is 71.4. The van der Waals surface area contributed by atoms with Gasteiger partial charge in [0.25, 0.3) is 7.82 Å². The van der Waals surface area contributed by atoms with E-state index in [9.17, 15) is 19.0 Å². The number of phosphoric ester groups is 1. The Morgan fingerprint density at radius 3 is 0.833 bits per heavy atom. The van der Waals surface area contributed by atoms with E-state index in [2.05, 4.69) is 172 Å². The van der Waals surface area contributed by atoms with Crippen LogP contribution in [0.1, 0.15) is 322 Å². The molecule has 0 saturated carbocycles. The number of carbonyl (C=O) groups is 2. The van der Waals surface area contributed by atoms with Crippen LogP contribution in [0.15, 0.2) is 158 Å². The van der Waals surface area contributed by atoms with Crippen molar-refractivity contribution in [3.05, 3.63) is 158 Å². The molecule has 0 aliphatic carbocycles. The Balaban J connectivity index is 4.00. The minimum atomic E-state index is -4.65. The lowest BCUT2D eigenvalue weighted by atomic mass is 10.0. The summed E-state index contributed by atoms with van der Waals surface area (Å²) in [7, 11) is 1.16. The lowest BCUT2D eigenvalue weighted by Gasteiger charge is -2.28. The Hall–Kier alpha value is -4.37. The van der Waals surface area contributed by atoms with Crippen LogP contribution >= 0.6 is 7.82 Å². The van der Waals surface area contributed by atoms with Crippen molar-refractivity contribution in [2.24, 2.45) is 0 Å². The summed E-state index contributed by atoms with van der Waals surface area (Å²) in [6.45, 7) is 4.03. The molecule has 0 aromatic rings. The van der Waals surface area contributed by atoms with Crippen molar-refractivity contribution < 1.29 is 42.1 Å². The average Bonchev–Trinajstić information content (AvgIpc) is 1.98. The molecular weight excluding hydrogens is 1210 g/mol. The number of rotatable bonds is 71. The number of ether oxygens (including phenoxy) is 2. The molecule has 0 saturated heterocycles.